The number of hydrogen-bond acceptors (Lipinski definition) is 9. The molecule has 1 aliphatic heterocycles. The Balaban J connectivity index is 1.73. The summed E-state index contributed by atoms with van der Waals surface area (Å²) in [5, 5.41) is 7.16. The Morgan fingerprint density at radius 1 is 1.29 bits per heavy atom. The van der Waals surface area contributed by atoms with E-state index in [1.165, 1.54) is 4.68 Å². The number of rotatable bonds is 5. The van der Waals surface area contributed by atoms with Gasteiger partial charge >= 0.3 is 0 Å². The van der Waals surface area contributed by atoms with Crippen molar-refractivity contribution in [1.82, 2.24) is 24.7 Å². The fourth-order valence-corrected chi connectivity index (χ4v) is 1.86. The first kappa shape index (κ1) is 13.7. The summed E-state index contributed by atoms with van der Waals surface area (Å²) < 4.78 is 12.4. The van der Waals surface area contributed by atoms with E-state index in [1.54, 1.807) is 18.5 Å². The van der Waals surface area contributed by atoms with E-state index in [0.29, 0.717) is 38.3 Å². The van der Waals surface area contributed by atoms with E-state index in [1.807, 2.05) is 0 Å². The van der Waals surface area contributed by atoms with E-state index >= 15 is 0 Å². The Morgan fingerprint density at radius 3 is 2.90 bits per heavy atom. The van der Waals surface area contributed by atoms with E-state index in [-0.39, 0.29) is 12.1 Å². The molecular weight excluding hydrogens is 276 g/mol. The van der Waals surface area contributed by atoms with Gasteiger partial charge in [-0.15, -0.1) is 0 Å². The second-order valence-corrected chi connectivity index (χ2v) is 4.33. The molecule has 3 heterocycles. The van der Waals surface area contributed by atoms with Crippen molar-refractivity contribution in [3.05, 3.63) is 18.5 Å². The molecule has 4 N–H and O–H groups in total. The molecule has 0 spiro atoms. The van der Waals surface area contributed by atoms with Crippen LogP contribution in [0.1, 0.15) is 0 Å². The fraction of sp³-hybridized carbons (Fsp3) is 0.455. The van der Waals surface area contributed by atoms with Crippen molar-refractivity contribution >= 4 is 11.9 Å². The van der Waals surface area contributed by atoms with Crippen molar-refractivity contribution < 1.29 is 9.47 Å². The monoisotopic (exact) mass is 292 g/mol. The van der Waals surface area contributed by atoms with Gasteiger partial charge < -0.3 is 14.8 Å². The number of nitrogens with zero attached hydrogens (tertiary/aromatic N) is 5. The number of aromatic nitrogens is 5. The predicted molar refractivity (Wildman–Crippen MR) is 73.8 cm³/mol. The molecule has 1 saturated heterocycles. The summed E-state index contributed by atoms with van der Waals surface area (Å²) in [6.07, 6.45) is 3.34. The van der Waals surface area contributed by atoms with Crippen LogP contribution in [0, 0.1) is 0 Å². The lowest BCUT2D eigenvalue weighted by molar-refractivity contribution is -0.0819. The molecule has 2 aromatic rings. The van der Waals surface area contributed by atoms with Gasteiger partial charge in [0.15, 0.2) is 0 Å². The topological polar surface area (TPSA) is 125 Å². The van der Waals surface area contributed by atoms with Crippen molar-refractivity contribution in [2.24, 2.45) is 5.84 Å². The largest absolute Gasteiger partial charge is 0.376 e. The molecule has 0 radical (unpaired) electrons. The summed E-state index contributed by atoms with van der Waals surface area (Å²) in [5.74, 6) is 6.38. The van der Waals surface area contributed by atoms with Crippen LogP contribution in [0.2, 0.25) is 0 Å². The molecular formula is C11H16N8O2. The van der Waals surface area contributed by atoms with Crippen LogP contribution in [0.25, 0.3) is 5.95 Å². The average molecular weight is 292 g/mol. The molecule has 1 aliphatic rings. The quantitative estimate of drug-likeness (QED) is 0.478. The molecule has 1 atom stereocenters. The Kier molecular flexibility index (Phi) is 4.19. The maximum absolute atomic E-state index is 5.54. The summed E-state index contributed by atoms with van der Waals surface area (Å²) in [6, 6.07) is 1.78. The van der Waals surface area contributed by atoms with Crippen LogP contribution >= 0.6 is 0 Å². The van der Waals surface area contributed by atoms with E-state index in [0.717, 1.165) is 0 Å². The summed E-state index contributed by atoms with van der Waals surface area (Å²) in [7, 11) is 0. The standard InChI is InChI=1S/C11H16N8O2/c12-18-10-15-9(13-6-8-7-20-4-5-21-8)16-11(17-10)19-3-1-2-14-19/h1-3,8H,4-7,12H2,(H2,13,15,16,17,18). The second-order valence-electron chi connectivity index (χ2n) is 4.33. The zero-order valence-corrected chi connectivity index (χ0v) is 11.3. The third-order valence-corrected chi connectivity index (χ3v) is 2.83. The molecule has 10 heteroatoms. The van der Waals surface area contributed by atoms with Crippen molar-refractivity contribution in [3.8, 4) is 5.95 Å². The summed E-state index contributed by atoms with van der Waals surface area (Å²) in [4.78, 5) is 12.6. The molecule has 1 fully saturated rings. The van der Waals surface area contributed by atoms with Crippen molar-refractivity contribution in [2.45, 2.75) is 6.10 Å². The molecule has 0 bridgehead atoms. The number of anilines is 2. The second kappa shape index (κ2) is 6.43. The van der Waals surface area contributed by atoms with Crippen LogP contribution in [0.3, 0.4) is 0 Å². The highest BCUT2D eigenvalue weighted by Crippen LogP contribution is 2.09. The van der Waals surface area contributed by atoms with Gasteiger partial charge in [0.05, 0.1) is 25.9 Å². The first-order chi connectivity index (χ1) is 10.3. The summed E-state index contributed by atoms with van der Waals surface area (Å²) in [6.45, 7) is 2.31. The van der Waals surface area contributed by atoms with Crippen LogP contribution in [0.15, 0.2) is 18.5 Å². The predicted octanol–water partition coefficient (Wildman–Crippen LogP) is -0.830. The zero-order valence-electron chi connectivity index (χ0n) is 11.3. The van der Waals surface area contributed by atoms with Crippen LogP contribution < -0.4 is 16.6 Å². The van der Waals surface area contributed by atoms with Gasteiger partial charge in [0, 0.05) is 18.9 Å². The Labute approximate surface area is 120 Å². The summed E-state index contributed by atoms with van der Waals surface area (Å²) >= 11 is 0. The normalized spacial score (nSPS) is 18.4. The lowest BCUT2D eigenvalue weighted by Gasteiger charge is -2.23. The van der Waals surface area contributed by atoms with Gasteiger partial charge in [0.1, 0.15) is 0 Å². The van der Waals surface area contributed by atoms with Crippen molar-refractivity contribution in [3.63, 3.8) is 0 Å². The van der Waals surface area contributed by atoms with E-state index in [4.69, 9.17) is 15.3 Å². The van der Waals surface area contributed by atoms with Gasteiger partial charge in [0.25, 0.3) is 5.95 Å². The van der Waals surface area contributed by atoms with E-state index < -0.39 is 0 Å². The minimum absolute atomic E-state index is 0.0297. The molecule has 10 nitrogen and oxygen atoms in total. The number of nitrogen functional groups attached to an aromatic ring is 1. The maximum atomic E-state index is 5.54. The minimum atomic E-state index is -0.0297. The number of hydrogen-bond donors (Lipinski definition) is 3. The molecule has 21 heavy (non-hydrogen) atoms. The van der Waals surface area contributed by atoms with Crippen LogP contribution in [0.5, 0.6) is 0 Å². The minimum Gasteiger partial charge on any atom is -0.376 e. The van der Waals surface area contributed by atoms with Crippen molar-refractivity contribution in [2.75, 3.05) is 37.1 Å². The lowest BCUT2D eigenvalue weighted by Crippen LogP contribution is -2.34. The first-order valence-electron chi connectivity index (χ1n) is 6.51. The van der Waals surface area contributed by atoms with Crippen LogP contribution in [-0.2, 0) is 9.47 Å². The van der Waals surface area contributed by atoms with Gasteiger partial charge in [-0.1, -0.05) is 0 Å². The summed E-state index contributed by atoms with van der Waals surface area (Å²) in [5.41, 5.74) is 2.41. The molecule has 0 saturated carbocycles. The van der Waals surface area contributed by atoms with E-state index in [9.17, 15) is 0 Å². The van der Waals surface area contributed by atoms with Gasteiger partial charge in [-0.05, 0) is 6.07 Å². The SMILES string of the molecule is NNc1nc(NCC2COCCO2)nc(-n2cccn2)n1. The molecule has 0 aliphatic carbocycles. The molecule has 3 rings (SSSR count). The molecule has 1 unspecified atom stereocenters. The number of nitrogens with two attached hydrogens (primary N) is 1. The Bertz CT molecular complexity index is 570. The molecule has 0 amide bonds. The third kappa shape index (κ3) is 3.42. The Hall–Kier alpha value is -2.30. The average Bonchev–Trinajstić information content (AvgIpc) is 3.08. The number of hydrazine groups is 1. The maximum Gasteiger partial charge on any atom is 0.257 e. The highest BCUT2D eigenvalue weighted by Gasteiger charge is 2.15. The van der Waals surface area contributed by atoms with Gasteiger partial charge in [-0.2, -0.15) is 20.1 Å². The lowest BCUT2D eigenvalue weighted by atomic mass is 10.3. The smallest absolute Gasteiger partial charge is 0.257 e. The van der Waals surface area contributed by atoms with Gasteiger partial charge in [-0.3, -0.25) is 5.43 Å². The van der Waals surface area contributed by atoms with Gasteiger partial charge in [0.2, 0.25) is 11.9 Å². The number of ether oxygens (including phenoxy) is 2. The van der Waals surface area contributed by atoms with Gasteiger partial charge in [-0.25, -0.2) is 10.5 Å². The highest BCUT2D eigenvalue weighted by molar-refractivity contribution is 5.37. The van der Waals surface area contributed by atoms with Crippen LogP contribution in [-0.4, -0.2) is 57.2 Å². The first-order valence-corrected chi connectivity index (χ1v) is 6.51. The third-order valence-electron chi connectivity index (χ3n) is 2.83. The fourth-order valence-electron chi connectivity index (χ4n) is 1.86. The Morgan fingerprint density at radius 2 is 2.19 bits per heavy atom. The molecule has 2 aromatic heterocycles. The molecule has 0 aromatic carbocycles. The van der Waals surface area contributed by atoms with Crippen molar-refractivity contribution in [1.29, 1.82) is 0 Å². The zero-order chi connectivity index (χ0) is 14.5. The number of nitrogens with one attached hydrogen (secondary N) is 2. The molecule has 112 valence electrons. The van der Waals surface area contributed by atoms with E-state index in [2.05, 4.69) is 30.8 Å². The highest BCUT2D eigenvalue weighted by atomic mass is 16.6. The van der Waals surface area contributed by atoms with Crippen LogP contribution in [0.4, 0.5) is 11.9 Å².